The van der Waals surface area contributed by atoms with E-state index in [-0.39, 0.29) is 30.6 Å². The minimum absolute atomic E-state index is 0.0449. The Bertz CT molecular complexity index is 675. The number of esters is 1. The summed E-state index contributed by atoms with van der Waals surface area (Å²) in [5.41, 5.74) is 1.06. The van der Waals surface area contributed by atoms with Crippen LogP contribution in [0.2, 0.25) is 0 Å². The smallest absolute Gasteiger partial charge is 0.341 e. The van der Waals surface area contributed by atoms with Crippen molar-refractivity contribution >= 4 is 34.1 Å². The molecule has 2 amide bonds. The summed E-state index contributed by atoms with van der Waals surface area (Å²) in [4.78, 5) is 38.6. The summed E-state index contributed by atoms with van der Waals surface area (Å²) < 4.78 is 10.8. The highest BCUT2D eigenvalue weighted by Gasteiger charge is 2.27. The van der Waals surface area contributed by atoms with Crippen LogP contribution >= 0.6 is 11.3 Å². The second-order valence-electron chi connectivity index (χ2n) is 6.30. The van der Waals surface area contributed by atoms with E-state index < -0.39 is 5.97 Å². The lowest BCUT2D eigenvalue weighted by Crippen LogP contribution is -2.49. The quantitative estimate of drug-likeness (QED) is 0.823. The zero-order chi connectivity index (χ0) is 18.7. The number of carbonyl (C=O) groups excluding carboxylic acids is 3. The molecule has 0 aromatic carbocycles. The zero-order valence-corrected chi connectivity index (χ0v) is 16.0. The van der Waals surface area contributed by atoms with Crippen molar-refractivity contribution in [3.63, 3.8) is 0 Å². The number of anilines is 1. The first kappa shape index (κ1) is 19.4. The Morgan fingerprint density at radius 3 is 2.40 bits per heavy atom. The molecule has 2 rings (SSSR count). The van der Waals surface area contributed by atoms with Crippen molar-refractivity contribution in [2.45, 2.75) is 46.8 Å². The fourth-order valence-electron chi connectivity index (χ4n) is 2.79. The third kappa shape index (κ3) is 4.79. The lowest BCUT2D eigenvalue weighted by atomic mass is 10.1. The first-order chi connectivity index (χ1) is 11.7. The average molecular weight is 368 g/mol. The van der Waals surface area contributed by atoms with Crippen LogP contribution in [0.5, 0.6) is 0 Å². The molecule has 1 aliphatic heterocycles. The van der Waals surface area contributed by atoms with E-state index in [9.17, 15) is 14.4 Å². The molecule has 2 heterocycles. The number of carbonyl (C=O) groups is 3. The molecule has 0 saturated carbocycles. The summed E-state index contributed by atoms with van der Waals surface area (Å²) >= 11 is 1.32. The van der Waals surface area contributed by atoms with Gasteiger partial charge in [-0.3, -0.25) is 9.59 Å². The van der Waals surface area contributed by atoms with Gasteiger partial charge in [-0.1, -0.05) is 0 Å². The number of nitrogens with zero attached hydrogens (tertiary/aromatic N) is 1. The van der Waals surface area contributed by atoms with Gasteiger partial charge in [0.05, 0.1) is 17.8 Å². The molecule has 1 aromatic heterocycles. The molecule has 1 fully saturated rings. The largest absolute Gasteiger partial charge is 0.452 e. The topological polar surface area (TPSA) is 84.9 Å². The van der Waals surface area contributed by atoms with Crippen molar-refractivity contribution in [2.75, 3.05) is 25.0 Å². The molecule has 7 nitrogen and oxygen atoms in total. The van der Waals surface area contributed by atoms with Crippen molar-refractivity contribution in [2.24, 2.45) is 0 Å². The van der Waals surface area contributed by atoms with Gasteiger partial charge in [-0.05, 0) is 33.3 Å². The van der Waals surface area contributed by atoms with Crippen LogP contribution in [-0.4, -0.2) is 54.6 Å². The van der Waals surface area contributed by atoms with E-state index in [0.717, 1.165) is 10.4 Å². The van der Waals surface area contributed by atoms with Gasteiger partial charge in [-0.15, -0.1) is 11.3 Å². The van der Waals surface area contributed by atoms with E-state index in [1.165, 1.54) is 18.3 Å². The normalized spacial score (nSPS) is 20.3. The maximum absolute atomic E-state index is 12.4. The lowest BCUT2D eigenvalue weighted by Gasteiger charge is -2.35. The summed E-state index contributed by atoms with van der Waals surface area (Å²) in [6.45, 7) is 9.47. The molecule has 1 N–H and O–H groups in total. The van der Waals surface area contributed by atoms with Gasteiger partial charge in [0.25, 0.3) is 5.91 Å². The first-order valence-electron chi connectivity index (χ1n) is 8.17. The van der Waals surface area contributed by atoms with E-state index in [4.69, 9.17) is 9.47 Å². The molecule has 1 aliphatic rings. The van der Waals surface area contributed by atoms with Crippen LogP contribution in [0.3, 0.4) is 0 Å². The van der Waals surface area contributed by atoms with Gasteiger partial charge in [0, 0.05) is 24.9 Å². The van der Waals surface area contributed by atoms with E-state index in [2.05, 4.69) is 5.32 Å². The Labute approximate surface area is 151 Å². The van der Waals surface area contributed by atoms with Crippen molar-refractivity contribution in [1.82, 2.24) is 4.90 Å². The highest BCUT2D eigenvalue weighted by molar-refractivity contribution is 7.16. The number of thiophene rings is 1. The molecule has 0 aliphatic carbocycles. The van der Waals surface area contributed by atoms with Crippen LogP contribution in [0.15, 0.2) is 0 Å². The van der Waals surface area contributed by atoms with Crippen LogP contribution < -0.4 is 5.32 Å². The number of morpholine rings is 1. The van der Waals surface area contributed by atoms with E-state index in [0.29, 0.717) is 23.7 Å². The second-order valence-corrected chi connectivity index (χ2v) is 7.53. The van der Waals surface area contributed by atoms with E-state index in [1.807, 2.05) is 20.8 Å². The summed E-state index contributed by atoms with van der Waals surface area (Å²) in [5, 5.41) is 3.10. The summed E-state index contributed by atoms with van der Waals surface area (Å²) in [6, 6.07) is 0. The van der Waals surface area contributed by atoms with Gasteiger partial charge in [0.2, 0.25) is 5.91 Å². The molecule has 138 valence electrons. The predicted molar refractivity (Wildman–Crippen MR) is 95.0 cm³/mol. The highest BCUT2D eigenvalue weighted by Crippen LogP contribution is 2.33. The molecular weight excluding hydrogens is 344 g/mol. The van der Waals surface area contributed by atoms with Crippen LogP contribution in [0.1, 0.15) is 41.6 Å². The van der Waals surface area contributed by atoms with Crippen LogP contribution in [0.4, 0.5) is 5.00 Å². The zero-order valence-electron chi connectivity index (χ0n) is 15.2. The van der Waals surface area contributed by atoms with Crippen LogP contribution in [-0.2, 0) is 19.1 Å². The maximum Gasteiger partial charge on any atom is 0.341 e. The van der Waals surface area contributed by atoms with Gasteiger partial charge >= 0.3 is 5.97 Å². The van der Waals surface area contributed by atoms with Crippen molar-refractivity contribution in [1.29, 1.82) is 0 Å². The average Bonchev–Trinajstić information content (AvgIpc) is 2.77. The van der Waals surface area contributed by atoms with E-state index >= 15 is 0 Å². The highest BCUT2D eigenvalue weighted by atomic mass is 32.1. The van der Waals surface area contributed by atoms with Gasteiger partial charge in [-0.25, -0.2) is 4.79 Å². The number of hydrogen-bond acceptors (Lipinski definition) is 6. The lowest BCUT2D eigenvalue weighted by molar-refractivity contribution is -0.146. The number of aryl methyl sites for hydroxylation is 1. The molecule has 1 aromatic rings. The fourth-order valence-corrected chi connectivity index (χ4v) is 3.89. The van der Waals surface area contributed by atoms with Crippen molar-refractivity contribution < 1.29 is 23.9 Å². The molecule has 8 heteroatoms. The second kappa shape index (κ2) is 7.97. The Hall–Kier alpha value is -1.93. The van der Waals surface area contributed by atoms with Gasteiger partial charge in [-0.2, -0.15) is 0 Å². The molecular formula is C17H24N2O5S. The third-order valence-corrected chi connectivity index (χ3v) is 5.10. The molecule has 0 spiro atoms. The maximum atomic E-state index is 12.4. The monoisotopic (exact) mass is 368 g/mol. The number of nitrogens with one attached hydrogen (secondary N) is 1. The first-order valence-corrected chi connectivity index (χ1v) is 8.98. The third-order valence-electron chi connectivity index (χ3n) is 3.98. The number of rotatable bonds is 4. The Balaban J connectivity index is 2.03. The van der Waals surface area contributed by atoms with Gasteiger partial charge in [0.1, 0.15) is 5.00 Å². The molecule has 25 heavy (non-hydrogen) atoms. The summed E-state index contributed by atoms with van der Waals surface area (Å²) in [6.07, 6.45) is -0.0897. The van der Waals surface area contributed by atoms with E-state index in [1.54, 1.807) is 11.8 Å². The van der Waals surface area contributed by atoms with Crippen molar-refractivity contribution in [3.05, 3.63) is 16.0 Å². The fraction of sp³-hybridized carbons (Fsp3) is 0.588. The number of hydrogen-bond donors (Lipinski definition) is 1. The predicted octanol–water partition coefficient (Wildman–Crippen LogP) is 2.12. The molecule has 0 bridgehead atoms. The Kier molecular flexibility index (Phi) is 6.18. The van der Waals surface area contributed by atoms with Gasteiger partial charge in [0.15, 0.2) is 6.61 Å². The summed E-state index contributed by atoms with van der Waals surface area (Å²) in [7, 11) is 0. The van der Waals surface area contributed by atoms with Gasteiger partial charge < -0.3 is 19.7 Å². The molecule has 1 saturated heterocycles. The minimum Gasteiger partial charge on any atom is -0.452 e. The Morgan fingerprint density at radius 1 is 1.24 bits per heavy atom. The van der Waals surface area contributed by atoms with Crippen LogP contribution in [0.25, 0.3) is 0 Å². The number of ether oxygens (including phenoxy) is 2. The summed E-state index contributed by atoms with van der Waals surface area (Å²) in [5.74, 6) is -1.11. The Morgan fingerprint density at radius 2 is 1.84 bits per heavy atom. The molecule has 0 radical (unpaired) electrons. The standard InChI is InChI=1S/C17H24N2O5S/c1-9-6-19(7-10(2)24-9)14(21)8-23-17(22)15-11(3)12(4)25-16(15)18-13(5)20/h9-10H,6-8H2,1-5H3,(H,18,20)/t9-,10-/m1/s1. The molecule has 0 unspecified atom stereocenters. The number of amides is 2. The minimum atomic E-state index is -0.603. The molecule has 2 atom stereocenters. The SMILES string of the molecule is CC(=O)Nc1sc(C)c(C)c1C(=O)OCC(=O)N1C[C@@H](C)O[C@H](C)C1. The van der Waals surface area contributed by atoms with Crippen LogP contribution in [0, 0.1) is 13.8 Å². The van der Waals surface area contributed by atoms with Crippen molar-refractivity contribution in [3.8, 4) is 0 Å².